The third-order valence-corrected chi connectivity index (χ3v) is 3.17. The third kappa shape index (κ3) is 3.07. The number of carbonyl (C=O) groups is 1. The maximum atomic E-state index is 13.3. The van der Waals surface area contributed by atoms with Gasteiger partial charge in [-0.1, -0.05) is 23.9 Å². The number of hydrogen-bond acceptors (Lipinski definition) is 4. The summed E-state index contributed by atoms with van der Waals surface area (Å²) in [6.45, 7) is 1.71. The van der Waals surface area contributed by atoms with Crippen molar-refractivity contribution in [3.8, 4) is 0 Å². The molecule has 0 spiro atoms. The summed E-state index contributed by atoms with van der Waals surface area (Å²) in [7, 11) is 0. The molecule has 2 rings (SSSR count). The molecule has 94 valence electrons. The molecular formula is C11H11FN4OS. The number of anilines is 1. The number of para-hydroxylation sites is 1. The molecule has 1 atom stereocenters. The lowest BCUT2D eigenvalue weighted by Crippen LogP contribution is -2.23. The maximum Gasteiger partial charge on any atom is 0.237 e. The number of halogens is 1. The van der Waals surface area contributed by atoms with E-state index in [4.69, 9.17) is 0 Å². The van der Waals surface area contributed by atoms with Crippen LogP contribution in [-0.2, 0) is 4.79 Å². The molecule has 1 heterocycles. The standard InChI is InChI=1S/C11H11FN4OS/c1-7(18-11-13-6-14-16-11)10(17)15-9-5-3-2-4-8(9)12/h2-7H,1H3,(H,15,17)(H,13,14,16)/t7-/m0/s1. The fourth-order valence-corrected chi connectivity index (χ4v) is 1.98. The lowest BCUT2D eigenvalue weighted by atomic mass is 10.3. The molecule has 0 aliphatic heterocycles. The van der Waals surface area contributed by atoms with Crippen molar-refractivity contribution in [3.63, 3.8) is 0 Å². The van der Waals surface area contributed by atoms with Gasteiger partial charge < -0.3 is 5.32 Å². The summed E-state index contributed by atoms with van der Waals surface area (Å²) in [5, 5.41) is 9.00. The zero-order chi connectivity index (χ0) is 13.0. The molecule has 0 aliphatic carbocycles. The topological polar surface area (TPSA) is 70.7 Å². The van der Waals surface area contributed by atoms with Gasteiger partial charge in [-0.3, -0.25) is 9.89 Å². The SMILES string of the molecule is C[C@H](Sc1ncn[nH]1)C(=O)Nc1ccccc1F. The Kier molecular flexibility index (Phi) is 3.93. The van der Waals surface area contributed by atoms with Crippen LogP contribution in [0.1, 0.15) is 6.92 Å². The van der Waals surface area contributed by atoms with E-state index in [0.29, 0.717) is 5.16 Å². The van der Waals surface area contributed by atoms with Gasteiger partial charge in [0.1, 0.15) is 12.1 Å². The molecule has 1 aromatic heterocycles. The Balaban J connectivity index is 1.98. The number of nitrogens with one attached hydrogen (secondary N) is 2. The van der Waals surface area contributed by atoms with Crippen LogP contribution in [0.15, 0.2) is 35.7 Å². The smallest absolute Gasteiger partial charge is 0.237 e. The molecule has 0 saturated heterocycles. The van der Waals surface area contributed by atoms with Crippen LogP contribution in [0.3, 0.4) is 0 Å². The van der Waals surface area contributed by atoms with E-state index in [9.17, 15) is 9.18 Å². The molecule has 2 aromatic rings. The highest BCUT2D eigenvalue weighted by atomic mass is 32.2. The molecule has 0 fully saturated rings. The molecule has 1 amide bonds. The van der Waals surface area contributed by atoms with Gasteiger partial charge in [0.25, 0.3) is 0 Å². The van der Waals surface area contributed by atoms with E-state index in [0.717, 1.165) is 0 Å². The molecule has 18 heavy (non-hydrogen) atoms. The van der Waals surface area contributed by atoms with Crippen LogP contribution in [-0.4, -0.2) is 26.3 Å². The van der Waals surface area contributed by atoms with Crippen molar-refractivity contribution >= 4 is 23.4 Å². The van der Waals surface area contributed by atoms with Crippen LogP contribution in [0.4, 0.5) is 10.1 Å². The minimum atomic E-state index is -0.456. The molecule has 2 N–H and O–H groups in total. The van der Waals surface area contributed by atoms with Gasteiger partial charge in [-0.15, -0.1) is 0 Å². The Bertz CT molecular complexity index is 532. The van der Waals surface area contributed by atoms with E-state index in [1.54, 1.807) is 19.1 Å². The summed E-state index contributed by atoms with van der Waals surface area (Å²) in [6, 6.07) is 6.04. The van der Waals surface area contributed by atoms with Gasteiger partial charge in [0.05, 0.1) is 10.9 Å². The molecule has 0 unspecified atom stereocenters. The van der Waals surface area contributed by atoms with Crippen LogP contribution >= 0.6 is 11.8 Å². The number of benzene rings is 1. The van der Waals surface area contributed by atoms with Gasteiger partial charge >= 0.3 is 0 Å². The largest absolute Gasteiger partial charge is 0.323 e. The first-order valence-corrected chi connectivity index (χ1v) is 6.12. The zero-order valence-electron chi connectivity index (χ0n) is 9.55. The molecule has 1 aromatic carbocycles. The normalized spacial score (nSPS) is 12.1. The van der Waals surface area contributed by atoms with Gasteiger partial charge in [0.15, 0.2) is 5.16 Å². The predicted octanol–water partition coefficient (Wildman–Crippen LogP) is 2.06. The first kappa shape index (κ1) is 12.6. The molecular weight excluding hydrogens is 255 g/mol. The fraction of sp³-hybridized carbons (Fsp3) is 0.182. The number of hydrogen-bond donors (Lipinski definition) is 2. The molecule has 0 radical (unpaired) electrons. The molecule has 0 saturated carbocycles. The number of rotatable bonds is 4. The van der Waals surface area contributed by atoms with E-state index in [1.165, 1.54) is 30.2 Å². The Morgan fingerprint density at radius 2 is 2.28 bits per heavy atom. The number of amides is 1. The maximum absolute atomic E-state index is 13.3. The van der Waals surface area contributed by atoms with Gasteiger partial charge in [-0.25, -0.2) is 9.37 Å². The van der Waals surface area contributed by atoms with Crippen molar-refractivity contribution < 1.29 is 9.18 Å². The van der Waals surface area contributed by atoms with E-state index in [2.05, 4.69) is 20.5 Å². The van der Waals surface area contributed by atoms with Crippen molar-refractivity contribution in [1.82, 2.24) is 15.2 Å². The summed E-state index contributed by atoms with van der Waals surface area (Å²) in [4.78, 5) is 15.7. The minimum Gasteiger partial charge on any atom is -0.323 e. The van der Waals surface area contributed by atoms with Crippen LogP contribution < -0.4 is 5.32 Å². The second-order valence-electron chi connectivity index (χ2n) is 3.52. The average Bonchev–Trinajstić information content (AvgIpc) is 2.84. The Morgan fingerprint density at radius 1 is 1.50 bits per heavy atom. The van der Waals surface area contributed by atoms with Crippen molar-refractivity contribution in [2.75, 3.05) is 5.32 Å². The van der Waals surface area contributed by atoms with Crippen molar-refractivity contribution in [3.05, 3.63) is 36.4 Å². The average molecular weight is 266 g/mol. The minimum absolute atomic E-state index is 0.174. The molecule has 7 heteroatoms. The summed E-state index contributed by atoms with van der Waals surface area (Å²) < 4.78 is 13.3. The third-order valence-electron chi connectivity index (χ3n) is 2.18. The highest BCUT2D eigenvalue weighted by molar-refractivity contribution is 8.00. The highest BCUT2D eigenvalue weighted by Gasteiger charge is 2.17. The fourth-order valence-electron chi connectivity index (χ4n) is 1.27. The molecule has 0 aliphatic rings. The first-order chi connectivity index (χ1) is 8.66. The highest BCUT2D eigenvalue weighted by Crippen LogP contribution is 2.20. The van der Waals surface area contributed by atoms with E-state index >= 15 is 0 Å². The Labute approximate surface area is 107 Å². The summed E-state index contributed by atoms with van der Waals surface area (Å²) in [6.07, 6.45) is 1.36. The molecule has 5 nitrogen and oxygen atoms in total. The van der Waals surface area contributed by atoms with Crippen molar-refractivity contribution in [1.29, 1.82) is 0 Å². The van der Waals surface area contributed by atoms with E-state index in [1.807, 2.05) is 0 Å². The Morgan fingerprint density at radius 3 is 2.94 bits per heavy atom. The number of carbonyl (C=O) groups excluding carboxylic acids is 1. The summed E-state index contributed by atoms with van der Waals surface area (Å²) in [5.41, 5.74) is 0.174. The zero-order valence-corrected chi connectivity index (χ0v) is 10.4. The van der Waals surface area contributed by atoms with Gasteiger partial charge in [-0.05, 0) is 19.1 Å². The predicted molar refractivity (Wildman–Crippen MR) is 66.7 cm³/mol. The van der Waals surface area contributed by atoms with E-state index < -0.39 is 11.1 Å². The number of thioether (sulfide) groups is 1. The monoisotopic (exact) mass is 266 g/mol. The van der Waals surface area contributed by atoms with Gasteiger partial charge in [0, 0.05) is 0 Å². The first-order valence-electron chi connectivity index (χ1n) is 5.24. The van der Waals surface area contributed by atoms with Crippen LogP contribution in [0.5, 0.6) is 0 Å². The van der Waals surface area contributed by atoms with Gasteiger partial charge in [0.2, 0.25) is 5.91 Å². The number of aromatic nitrogens is 3. The van der Waals surface area contributed by atoms with Crippen LogP contribution in [0.2, 0.25) is 0 Å². The second-order valence-corrected chi connectivity index (χ2v) is 4.85. The van der Waals surface area contributed by atoms with Crippen molar-refractivity contribution in [2.24, 2.45) is 0 Å². The van der Waals surface area contributed by atoms with E-state index in [-0.39, 0.29) is 11.6 Å². The lowest BCUT2D eigenvalue weighted by Gasteiger charge is -2.10. The second kappa shape index (κ2) is 5.63. The summed E-state index contributed by atoms with van der Waals surface area (Å²) in [5.74, 6) is -0.746. The lowest BCUT2D eigenvalue weighted by molar-refractivity contribution is -0.115. The Hall–Kier alpha value is -1.89. The molecule has 0 bridgehead atoms. The number of nitrogens with zero attached hydrogens (tertiary/aromatic N) is 2. The summed E-state index contributed by atoms with van der Waals surface area (Å²) >= 11 is 1.22. The number of aromatic amines is 1. The van der Waals surface area contributed by atoms with Crippen molar-refractivity contribution in [2.45, 2.75) is 17.3 Å². The number of H-pyrrole nitrogens is 1. The van der Waals surface area contributed by atoms with Crippen LogP contribution in [0.25, 0.3) is 0 Å². The van der Waals surface area contributed by atoms with Gasteiger partial charge in [-0.2, -0.15) is 5.10 Å². The quantitative estimate of drug-likeness (QED) is 0.831. The van der Waals surface area contributed by atoms with Crippen LogP contribution in [0, 0.1) is 5.82 Å².